The number of rotatable bonds is 8. The summed E-state index contributed by atoms with van der Waals surface area (Å²) in [6.07, 6.45) is 0. The highest BCUT2D eigenvalue weighted by atomic mass is 16.5. The fraction of sp³-hybridized carbons (Fsp3) is 0.258. The number of nitrogens with zero attached hydrogens (tertiary/aromatic N) is 1. The normalized spacial score (nSPS) is 14.5. The van der Waals surface area contributed by atoms with Crippen molar-refractivity contribution < 1.29 is 28.2 Å². The number of carbonyl (C=O) groups excluding carboxylic acids is 2. The van der Waals surface area contributed by atoms with Crippen LogP contribution in [-0.2, 0) is 4.74 Å². The van der Waals surface area contributed by atoms with Crippen LogP contribution in [0.4, 0.5) is 5.69 Å². The van der Waals surface area contributed by atoms with Crippen LogP contribution in [0.2, 0.25) is 0 Å². The van der Waals surface area contributed by atoms with Gasteiger partial charge in [-0.1, -0.05) is 32.0 Å². The summed E-state index contributed by atoms with van der Waals surface area (Å²) in [5, 5.41) is 0.386. The van der Waals surface area contributed by atoms with Gasteiger partial charge in [0.15, 0.2) is 16.9 Å². The first-order valence-electron chi connectivity index (χ1n) is 12.8. The highest BCUT2D eigenvalue weighted by molar-refractivity contribution is 6.10. The van der Waals surface area contributed by atoms with E-state index in [0.29, 0.717) is 51.8 Å². The van der Waals surface area contributed by atoms with E-state index in [2.05, 4.69) is 13.8 Å². The van der Waals surface area contributed by atoms with E-state index in [9.17, 15) is 14.4 Å². The van der Waals surface area contributed by atoms with Crippen molar-refractivity contribution in [1.82, 2.24) is 0 Å². The Balaban J connectivity index is 1.67. The number of hydrogen-bond acceptors (Lipinski definition) is 7. The number of anilines is 1. The lowest BCUT2D eigenvalue weighted by Crippen LogP contribution is -2.29. The maximum absolute atomic E-state index is 13.8. The summed E-state index contributed by atoms with van der Waals surface area (Å²) in [6.45, 7) is 6.60. The Kier molecular flexibility index (Phi) is 7.11. The quantitative estimate of drug-likeness (QED) is 0.269. The number of ether oxygens (including phenoxy) is 3. The molecule has 5 rings (SSSR count). The van der Waals surface area contributed by atoms with Gasteiger partial charge in [-0.3, -0.25) is 14.5 Å². The lowest BCUT2D eigenvalue weighted by atomic mass is 9.97. The number of para-hydroxylation sites is 1. The highest BCUT2D eigenvalue weighted by Gasteiger charge is 2.44. The Bertz CT molecular complexity index is 1600. The van der Waals surface area contributed by atoms with Gasteiger partial charge in [-0.15, -0.1) is 0 Å². The van der Waals surface area contributed by atoms with Crippen molar-refractivity contribution in [2.75, 3.05) is 25.2 Å². The van der Waals surface area contributed by atoms with Crippen LogP contribution >= 0.6 is 0 Å². The van der Waals surface area contributed by atoms with E-state index in [4.69, 9.17) is 18.6 Å². The molecule has 0 bridgehead atoms. The molecule has 0 fully saturated rings. The molecule has 1 aliphatic heterocycles. The SMILES string of the molecule is CCOC(=O)c1ccc(N2C(=O)c3oc4ccccc4c(=O)c3C2c2ccc(OCC(C)C)c(OC)c2)cc1. The van der Waals surface area contributed by atoms with Crippen molar-refractivity contribution in [3.05, 3.63) is 99.4 Å². The molecule has 4 aromatic rings. The summed E-state index contributed by atoms with van der Waals surface area (Å²) < 4.78 is 22.6. The molecule has 1 atom stereocenters. The second-order valence-corrected chi connectivity index (χ2v) is 9.63. The zero-order chi connectivity index (χ0) is 27.7. The van der Waals surface area contributed by atoms with Crippen molar-refractivity contribution in [3.63, 3.8) is 0 Å². The summed E-state index contributed by atoms with van der Waals surface area (Å²) >= 11 is 0. The molecule has 1 amide bonds. The van der Waals surface area contributed by atoms with Crippen LogP contribution in [0.15, 0.2) is 75.9 Å². The van der Waals surface area contributed by atoms with Crippen LogP contribution in [-0.4, -0.2) is 32.2 Å². The van der Waals surface area contributed by atoms with Crippen LogP contribution < -0.4 is 19.8 Å². The fourth-order valence-electron chi connectivity index (χ4n) is 4.70. The van der Waals surface area contributed by atoms with E-state index in [1.165, 1.54) is 4.90 Å². The molecule has 1 unspecified atom stereocenters. The molecule has 39 heavy (non-hydrogen) atoms. The third-order valence-corrected chi connectivity index (χ3v) is 6.51. The smallest absolute Gasteiger partial charge is 0.338 e. The van der Waals surface area contributed by atoms with Gasteiger partial charge in [-0.25, -0.2) is 4.79 Å². The van der Waals surface area contributed by atoms with Crippen LogP contribution in [0.3, 0.4) is 0 Å². The van der Waals surface area contributed by atoms with Crippen molar-refractivity contribution in [2.45, 2.75) is 26.8 Å². The number of fused-ring (bicyclic) bond motifs is 2. The maximum Gasteiger partial charge on any atom is 0.338 e. The van der Waals surface area contributed by atoms with E-state index < -0.39 is 17.9 Å². The predicted molar refractivity (Wildman–Crippen MR) is 147 cm³/mol. The average Bonchev–Trinajstić information content (AvgIpc) is 3.24. The molecular weight excluding hydrogens is 498 g/mol. The third-order valence-electron chi connectivity index (χ3n) is 6.51. The summed E-state index contributed by atoms with van der Waals surface area (Å²) in [5.74, 6) is 0.437. The van der Waals surface area contributed by atoms with Gasteiger partial charge in [0.25, 0.3) is 5.91 Å². The third kappa shape index (κ3) is 4.74. The van der Waals surface area contributed by atoms with Gasteiger partial charge in [0, 0.05) is 5.69 Å². The van der Waals surface area contributed by atoms with Crippen LogP contribution in [0.5, 0.6) is 11.5 Å². The van der Waals surface area contributed by atoms with E-state index >= 15 is 0 Å². The summed E-state index contributed by atoms with van der Waals surface area (Å²) in [5.41, 5.74) is 1.79. The largest absolute Gasteiger partial charge is 0.493 e. The first kappa shape index (κ1) is 26.0. The predicted octanol–water partition coefficient (Wildman–Crippen LogP) is 5.76. The van der Waals surface area contributed by atoms with E-state index in [1.54, 1.807) is 74.7 Å². The molecule has 0 radical (unpaired) electrons. The first-order chi connectivity index (χ1) is 18.8. The molecule has 0 saturated carbocycles. The van der Waals surface area contributed by atoms with E-state index in [1.807, 2.05) is 6.07 Å². The van der Waals surface area contributed by atoms with Gasteiger partial charge in [0.05, 0.1) is 42.9 Å². The van der Waals surface area contributed by atoms with Gasteiger partial charge in [-0.2, -0.15) is 0 Å². The Morgan fingerprint density at radius 1 is 1.00 bits per heavy atom. The molecule has 1 aromatic heterocycles. The van der Waals surface area contributed by atoms with E-state index in [-0.39, 0.29) is 23.4 Å². The zero-order valence-electron chi connectivity index (χ0n) is 22.2. The molecule has 0 spiro atoms. The minimum atomic E-state index is -0.796. The molecule has 0 aliphatic carbocycles. The average molecular weight is 528 g/mol. The maximum atomic E-state index is 13.8. The van der Waals surface area contributed by atoms with Crippen LogP contribution in [0.25, 0.3) is 11.0 Å². The van der Waals surface area contributed by atoms with Gasteiger partial charge in [-0.05, 0) is 66.9 Å². The molecule has 0 saturated heterocycles. The molecule has 8 nitrogen and oxygen atoms in total. The lowest BCUT2D eigenvalue weighted by molar-refractivity contribution is 0.0526. The monoisotopic (exact) mass is 527 g/mol. The number of carbonyl (C=O) groups is 2. The Morgan fingerprint density at radius 2 is 1.74 bits per heavy atom. The fourth-order valence-corrected chi connectivity index (χ4v) is 4.70. The zero-order valence-corrected chi connectivity index (χ0v) is 22.2. The van der Waals surface area contributed by atoms with Crippen molar-refractivity contribution in [1.29, 1.82) is 0 Å². The summed E-state index contributed by atoms with van der Waals surface area (Å²) in [6, 6.07) is 17.9. The Hall–Kier alpha value is -4.59. The van der Waals surface area contributed by atoms with Gasteiger partial charge < -0.3 is 18.6 Å². The van der Waals surface area contributed by atoms with Crippen molar-refractivity contribution in [2.24, 2.45) is 5.92 Å². The molecule has 200 valence electrons. The first-order valence-corrected chi connectivity index (χ1v) is 12.8. The summed E-state index contributed by atoms with van der Waals surface area (Å²) in [7, 11) is 1.54. The Morgan fingerprint density at radius 3 is 2.44 bits per heavy atom. The molecule has 0 N–H and O–H groups in total. The summed E-state index contributed by atoms with van der Waals surface area (Å²) in [4.78, 5) is 41.3. The van der Waals surface area contributed by atoms with Crippen LogP contribution in [0, 0.1) is 5.92 Å². The molecule has 3 aromatic carbocycles. The lowest BCUT2D eigenvalue weighted by Gasteiger charge is -2.26. The van der Waals surface area contributed by atoms with Crippen molar-refractivity contribution in [3.8, 4) is 11.5 Å². The molecular formula is C31H29NO7. The van der Waals surface area contributed by atoms with Gasteiger partial charge in [0.2, 0.25) is 5.76 Å². The molecule has 2 heterocycles. The number of methoxy groups -OCH3 is 1. The van der Waals surface area contributed by atoms with Gasteiger partial charge >= 0.3 is 5.97 Å². The topological polar surface area (TPSA) is 95.3 Å². The van der Waals surface area contributed by atoms with E-state index in [0.717, 1.165) is 0 Å². The minimum absolute atomic E-state index is 0.0164. The second-order valence-electron chi connectivity index (χ2n) is 9.63. The number of esters is 1. The molecule has 8 heteroatoms. The second kappa shape index (κ2) is 10.6. The van der Waals surface area contributed by atoms with Gasteiger partial charge in [0.1, 0.15) is 5.58 Å². The highest BCUT2D eigenvalue weighted by Crippen LogP contribution is 2.43. The van der Waals surface area contributed by atoms with Crippen molar-refractivity contribution >= 4 is 28.5 Å². The number of hydrogen-bond donors (Lipinski definition) is 0. The molecule has 1 aliphatic rings. The standard InChI is InChI=1S/C31H29NO7/c1-5-37-31(35)19-10-13-21(14-11-19)32-27(20-12-15-24(25(16-20)36-4)38-17-18(2)3)26-28(33)22-8-6-7-9-23(22)39-29(26)30(32)34/h6-16,18,27H,5,17H2,1-4H3. The number of benzene rings is 3. The van der Waals surface area contributed by atoms with Crippen LogP contribution in [0.1, 0.15) is 58.9 Å². The minimum Gasteiger partial charge on any atom is -0.493 e. The number of amides is 1. The Labute approximate surface area is 225 Å².